The molecule has 1 unspecified atom stereocenters. The van der Waals surface area contributed by atoms with Gasteiger partial charge in [0.15, 0.2) is 0 Å². The van der Waals surface area contributed by atoms with E-state index in [-0.39, 0.29) is 5.92 Å². The van der Waals surface area contributed by atoms with E-state index < -0.39 is 12.0 Å². The Labute approximate surface area is 105 Å². The first-order valence-electron chi connectivity index (χ1n) is 7.01. The van der Waals surface area contributed by atoms with E-state index in [2.05, 4.69) is 12.2 Å². The van der Waals surface area contributed by atoms with Crippen molar-refractivity contribution in [2.45, 2.75) is 71.4 Å². The summed E-state index contributed by atoms with van der Waals surface area (Å²) < 4.78 is 0. The minimum Gasteiger partial charge on any atom is -0.480 e. The Morgan fingerprint density at radius 3 is 2.06 bits per heavy atom. The van der Waals surface area contributed by atoms with Gasteiger partial charge in [0, 0.05) is 6.04 Å². The van der Waals surface area contributed by atoms with Crippen LogP contribution in [-0.4, -0.2) is 23.2 Å². The van der Waals surface area contributed by atoms with Crippen LogP contribution in [0.2, 0.25) is 0 Å². The van der Waals surface area contributed by atoms with E-state index in [1.807, 2.05) is 13.8 Å². The van der Waals surface area contributed by atoms with Crippen molar-refractivity contribution in [3.63, 3.8) is 0 Å². The van der Waals surface area contributed by atoms with Crippen LogP contribution in [0, 0.1) is 11.8 Å². The number of hydrogen-bond donors (Lipinski definition) is 2. The second-order valence-electron chi connectivity index (χ2n) is 5.77. The molecule has 1 aliphatic carbocycles. The zero-order valence-electron chi connectivity index (χ0n) is 11.4. The van der Waals surface area contributed by atoms with Crippen LogP contribution in [0.3, 0.4) is 0 Å². The minimum absolute atomic E-state index is 0.140. The molecule has 100 valence electrons. The van der Waals surface area contributed by atoms with Gasteiger partial charge < -0.3 is 10.4 Å². The van der Waals surface area contributed by atoms with E-state index in [1.54, 1.807) is 0 Å². The monoisotopic (exact) mass is 241 g/mol. The SMILES string of the molecule is CC(C)C(N[C@@H](C)C1CCCCCC1)C(=O)O. The van der Waals surface area contributed by atoms with E-state index in [0.717, 1.165) is 0 Å². The van der Waals surface area contributed by atoms with Gasteiger partial charge in [0.25, 0.3) is 0 Å². The highest BCUT2D eigenvalue weighted by molar-refractivity contribution is 5.73. The Morgan fingerprint density at radius 2 is 1.65 bits per heavy atom. The molecule has 3 nitrogen and oxygen atoms in total. The summed E-state index contributed by atoms with van der Waals surface area (Å²) in [7, 11) is 0. The predicted molar refractivity (Wildman–Crippen MR) is 70.1 cm³/mol. The Morgan fingerprint density at radius 1 is 1.12 bits per heavy atom. The van der Waals surface area contributed by atoms with Gasteiger partial charge in [-0.25, -0.2) is 0 Å². The van der Waals surface area contributed by atoms with Gasteiger partial charge in [-0.05, 0) is 31.6 Å². The second kappa shape index (κ2) is 7.00. The molecule has 0 heterocycles. The summed E-state index contributed by atoms with van der Waals surface area (Å²) in [6.45, 7) is 6.07. The molecule has 0 spiro atoms. The fourth-order valence-corrected chi connectivity index (χ4v) is 2.78. The van der Waals surface area contributed by atoms with Crippen molar-refractivity contribution in [1.82, 2.24) is 5.32 Å². The molecule has 3 heteroatoms. The summed E-state index contributed by atoms with van der Waals surface area (Å²) >= 11 is 0. The Balaban J connectivity index is 2.50. The van der Waals surface area contributed by atoms with E-state index in [4.69, 9.17) is 0 Å². The van der Waals surface area contributed by atoms with Crippen molar-refractivity contribution < 1.29 is 9.90 Å². The summed E-state index contributed by atoms with van der Waals surface area (Å²) in [5.41, 5.74) is 0. The largest absolute Gasteiger partial charge is 0.480 e. The summed E-state index contributed by atoms with van der Waals surface area (Å²) in [6.07, 6.45) is 7.79. The highest BCUT2D eigenvalue weighted by Crippen LogP contribution is 2.26. The maximum atomic E-state index is 11.2. The molecule has 0 aliphatic heterocycles. The average molecular weight is 241 g/mol. The van der Waals surface area contributed by atoms with Crippen LogP contribution < -0.4 is 5.32 Å². The van der Waals surface area contributed by atoms with Crippen LogP contribution >= 0.6 is 0 Å². The van der Waals surface area contributed by atoms with Crippen molar-refractivity contribution in [2.24, 2.45) is 11.8 Å². The predicted octanol–water partition coefficient (Wildman–Crippen LogP) is 3.04. The minimum atomic E-state index is -0.722. The van der Waals surface area contributed by atoms with Gasteiger partial charge in [0.1, 0.15) is 6.04 Å². The summed E-state index contributed by atoms with van der Waals surface area (Å²) in [6, 6.07) is -0.0927. The molecule has 1 rings (SSSR count). The summed E-state index contributed by atoms with van der Waals surface area (Å²) in [5.74, 6) is 0.0688. The lowest BCUT2D eigenvalue weighted by Crippen LogP contribution is -2.48. The van der Waals surface area contributed by atoms with E-state index in [9.17, 15) is 9.90 Å². The maximum Gasteiger partial charge on any atom is 0.320 e. The number of carboxylic acids is 1. The van der Waals surface area contributed by atoms with Crippen LogP contribution in [0.15, 0.2) is 0 Å². The number of nitrogens with one attached hydrogen (secondary N) is 1. The molecule has 17 heavy (non-hydrogen) atoms. The highest BCUT2D eigenvalue weighted by atomic mass is 16.4. The van der Waals surface area contributed by atoms with Crippen LogP contribution in [0.1, 0.15) is 59.3 Å². The van der Waals surface area contributed by atoms with E-state index in [1.165, 1.54) is 38.5 Å². The van der Waals surface area contributed by atoms with Crippen molar-refractivity contribution in [2.75, 3.05) is 0 Å². The quantitative estimate of drug-likeness (QED) is 0.727. The fourth-order valence-electron chi connectivity index (χ4n) is 2.78. The molecule has 1 saturated carbocycles. The first-order chi connectivity index (χ1) is 8.02. The van der Waals surface area contributed by atoms with Gasteiger partial charge in [0.05, 0.1) is 0 Å². The zero-order valence-corrected chi connectivity index (χ0v) is 11.4. The van der Waals surface area contributed by atoms with Crippen LogP contribution in [0.25, 0.3) is 0 Å². The first-order valence-corrected chi connectivity index (χ1v) is 7.01. The molecular weight excluding hydrogens is 214 g/mol. The lowest BCUT2D eigenvalue weighted by atomic mass is 9.91. The Kier molecular flexibility index (Phi) is 5.96. The molecule has 0 aromatic carbocycles. The van der Waals surface area contributed by atoms with Crippen LogP contribution in [-0.2, 0) is 4.79 Å². The maximum absolute atomic E-state index is 11.2. The van der Waals surface area contributed by atoms with E-state index in [0.29, 0.717) is 12.0 Å². The molecule has 1 aliphatic rings. The molecule has 0 bridgehead atoms. The van der Waals surface area contributed by atoms with Gasteiger partial charge in [-0.3, -0.25) is 4.79 Å². The van der Waals surface area contributed by atoms with Gasteiger partial charge in [-0.15, -0.1) is 0 Å². The number of hydrogen-bond acceptors (Lipinski definition) is 2. The first kappa shape index (κ1) is 14.5. The van der Waals surface area contributed by atoms with Gasteiger partial charge in [-0.1, -0.05) is 39.5 Å². The highest BCUT2D eigenvalue weighted by Gasteiger charge is 2.26. The smallest absolute Gasteiger partial charge is 0.320 e. The van der Waals surface area contributed by atoms with Crippen LogP contribution in [0.4, 0.5) is 0 Å². The molecule has 1 fully saturated rings. The van der Waals surface area contributed by atoms with Crippen molar-refractivity contribution >= 4 is 5.97 Å². The second-order valence-corrected chi connectivity index (χ2v) is 5.77. The number of carbonyl (C=O) groups is 1. The number of aliphatic carboxylic acids is 1. The van der Waals surface area contributed by atoms with Crippen LogP contribution in [0.5, 0.6) is 0 Å². The number of rotatable bonds is 5. The molecule has 0 saturated heterocycles. The molecule has 0 amide bonds. The lowest BCUT2D eigenvalue weighted by molar-refractivity contribution is -0.141. The van der Waals surface area contributed by atoms with Crippen molar-refractivity contribution in [3.8, 4) is 0 Å². The standard InChI is InChI=1S/C14H27NO2/c1-10(2)13(14(16)17)15-11(3)12-8-6-4-5-7-9-12/h10-13,15H,4-9H2,1-3H3,(H,16,17)/t11-,13?/m0/s1. The molecule has 2 N–H and O–H groups in total. The average Bonchev–Trinajstić information content (AvgIpc) is 2.52. The van der Waals surface area contributed by atoms with Gasteiger partial charge >= 0.3 is 5.97 Å². The lowest BCUT2D eigenvalue weighted by Gasteiger charge is -2.28. The molecular formula is C14H27NO2. The van der Waals surface area contributed by atoms with Crippen molar-refractivity contribution in [1.29, 1.82) is 0 Å². The van der Waals surface area contributed by atoms with E-state index >= 15 is 0 Å². The van der Waals surface area contributed by atoms with Gasteiger partial charge in [-0.2, -0.15) is 0 Å². The zero-order chi connectivity index (χ0) is 12.8. The molecule has 0 aromatic heterocycles. The Bertz CT molecular complexity index is 232. The normalized spacial score (nSPS) is 22.1. The van der Waals surface area contributed by atoms with Gasteiger partial charge in [0.2, 0.25) is 0 Å². The third-order valence-electron chi connectivity index (χ3n) is 3.98. The van der Waals surface area contributed by atoms with Crippen molar-refractivity contribution in [3.05, 3.63) is 0 Å². The molecule has 0 radical (unpaired) electrons. The summed E-state index contributed by atoms with van der Waals surface area (Å²) in [4.78, 5) is 11.2. The third-order valence-corrected chi connectivity index (χ3v) is 3.98. The Hall–Kier alpha value is -0.570. The third kappa shape index (κ3) is 4.66. The topological polar surface area (TPSA) is 49.3 Å². The molecule has 2 atom stereocenters. The molecule has 0 aromatic rings. The number of carboxylic acid groups (broad SMARTS) is 1. The fraction of sp³-hybridized carbons (Fsp3) is 0.929. The summed E-state index contributed by atoms with van der Waals surface area (Å²) in [5, 5.41) is 12.5.